The van der Waals surface area contributed by atoms with Gasteiger partial charge in [-0.15, -0.1) is 0 Å². The second-order valence-corrected chi connectivity index (χ2v) is 3.97. The molecule has 2 aromatic rings. The molecule has 0 radical (unpaired) electrons. The maximum absolute atomic E-state index is 8.81. The number of rotatable bonds is 4. The van der Waals surface area contributed by atoms with Crippen LogP contribution in [0.4, 0.5) is 0 Å². The molecule has 1 aromatic carbocycles. The zero-order chi connectivity index (χ0) is 12.3. The molecule has 0 atom stereocenters. The van der Waals surface area contributed by atoms with Crippen LogP contribution in [-0.4, -0.2) is 28.8 Å². The van der Waals surface area contributed by atoms with Gasteiger partial charge in [-0.05, 0) is 18.2 Å². The monoisotopic (exact) mass is 252 g/mol. The Bertz CT molecular complexity index is 511. The number of ether oxygens (including phenoxy) is 1. The molecule has 4 nitrogen and oxygen atoms in total. The number of imidazole rings is 1. The van der Waals surface area contributed by atoms with Gasteiger partial charge in [0.15, 0.2) is 0 Å². The van der Waals surface area contributed by atoms with Crippen molar-refractivity contribution in [2.75, 3.05) is 13.7 Å². The van der Waals surface area contributed by atoms with Crippen LogP contribution >= 0.6 is 11.6 Å². The number of nitrogens with zero attached hydrogens (tertiary/aromatic N) is 1. The number of hydrogen-bond acceptors (Lipinski definition) is 3. The minimum atomic E-state index is 0.0797. The molecule has 0 bridgehead atoms. The number of halogens is 1. The number of aliphatic hydroxyl groups excluding tert-OH is 1. The van der Waals surface area contributed by atoms with Crippen LogP contribution in [0.25, 0.3) is 11.3 Å². The minimum Gasteiger partial charge on any atom is -0.495 e. The normalized spacial score (nSPS) is 10.5. The molecule has 0 aliphatic heterocycles. The highest BCUT2D eigenvalue weighted by molar-refractivity contribution is 6.32. The molecule has 0 fully saturated rings. The largest absolute Gasteiger partial charge is 0.495 e. The number of methoxy groups -OCH3 is 1. The fourth-order valence-electron chi connectivity index (χ4n) is 1.58. The Kier molecular flexibility index (Phi) is 3.66. The fourth-order valence-corrected chi connectivity index (χ4v) is 1.83. The highest BCUT2D eigenvalue weighted by atomic mass is 35.5. The first-order valence-corrected chi connectivity index (χ1v) is 5.61. The van der Waals surface area contributed by atoms with Crippen molar-refractivity contribution < 1.29 is 9.84 Å². The summed E-state index contributed by atoms with van der Waals surface area (Å²) in [4.78, 5) is 7.29. The van der Waals surface area contributed by atoms with E-state index >= 15 is 0 Å². The Hall–Kier alpha value is -1.52. The van der Waals surface area contributed by atoms with E-state index in [4.69, 9.17) is 21.4 Å². The van der Waals surface area contributed by atoms with Crippen molar-refractivity contribution in [1.29, 1.82) is 0 Å². The topological polar surface area (TPSA) is 58.1 Å². The van der Waals surface area contributed by atoms with Gasteiger partial charge in [0.1, 0.15) is 11.6 Å². The highest BCUT2D eigenvalue weighted by Crippen LogP contribution is 2.29. The van der Waals surface area contributed by atoms with Crippen LogP contribution in [0.2, 0.25) is 5.02 Å². The summed E-state index contributed by atoms with van der Waals surface area (Å²) < 4.78 is 5.09. The van der Waals surface area contributed by atoms with Gasteiger partial charge in [0, 0.05) is 12.0 Å². The van der Waals surface area contributed by atoms with Crippen LogP contribution in [0.5, 0.6) is 5.75 Å². The zero-order valence-corrected chi connectivity index (χ0v) is 10.2. The molecule has 90 valence electrons. The van der Waals surface area contributed by atoms with Crippen LogP contribution in [0, 0.1) is 0 Å². The first-order valence-electron chi connectivity index (χ1n) is 5.23. The van der Waals surface area contributed by atoms with E-state index in [1.165, 1.54) is 0 Å². The summed E-state index contributed by atoms with van der Waals surface area (Å²) in [7, 11) is 1.58. The van der Waals surface area contributed by atoms with Crippen LogP contribution in [0.15, 0.2) is 24.4 Å². The van der Waals surface area contributed by atoms with Crippen LogP contribution in [-0.2, 0) is 6.42 Å². The van der Waals surface area contributed by atoms with Gasteiger partial charge in [0.05, 0.1) is 30.6 Å². The Morgan fingerprint density at radius 1 is 1.47 bits per heavy atom. The van der Waals surface area contributed by atoms with Crippen molar-refractivity contribution >= 4 is 11.6 Å². The average Bonchev–Trinajstić information content (AvgIpc) is 2.78. The maximum Gasteiger partial charge on any atom is 0.137 e. The van der Waals surface area contributed by atoms with E-state index in [1.807, 2.05) is 18.2 Å². The van der Waals surface area contributed by atoms with Gasteiger partial charge in [0.25, 0.3) is 0 Å². The summed E-state index contributed by atoms with van der Waals surface area (Å²) in [5.74, 6) is 1.40. The number of H-pyrrole nitrogens is 1. The smallest absolute Gasteiger partial charge is 0.137 e. The van der Waals surface area contributed by atoms with E-state index in [2.05, 4.69) is 9.97 Å². The lowest BCUT2D eigenvalue weighted by Gasteiger charge is -2.04. The standard InChI is InChI=1S/C12H13ClN2O2/c1-17-11-3-2-8(6-9(11)13)10-7-14-12(15-10)4-5-16/h2-3,6-7,16H,4-5H2,1H3,(H,14,15). The zero-order valence-electron chi connectivity index (χ0n) is 9.40. The number of aromatic amines is 1. The third-order valence-corrected chi connectivity index (χ3v) is 2.74. The Morgan fingerprint density at radius 3 is 2.94 bits per heavy atom. The molecule has 0 saturated heterocycles. The number of aliphatic hydroxyl groups is 1. The predicted molar refractivity (Wildman–Crippen MR) is 66.4 cm³/mol. The lowest BCUT2D eigenvalue weighted by Crippen LogP contribution is -1.92. The molecule has 5 heteroatoms. The third-order valence-electron chi connectivity index (χ3n) is 2.44. The van der Waals surface area contributed by atoms with E-state index in [9.17, 15) is 0 Å². The van der Waals surface area contributed by atoms with Crippen LogP contribution in [0.1, 0.15) is 5.82 Å². The summed E-state index contributed by atoms with van der Waals surface area (Å²) in [6, 6.07) is 5.53. The summed E-state index contributed by atoms with van der Waals surface area (Å²) >= 11 is 6.05. The van der Waals surface area contributed by atoms with E-state index in [0.29, 0.717) is 17.2 Å². The molecule has 0 aliphatic carbocycles. The van der Waals surface area contributed by atoms with Crippen molar-refractivity contribution in [3.05, 3.63) is 35.2 Å². The Balaban J connectivity index is 2.29. The van der Waals surface area contributed by atoms with Crippen molar-refractivity contribution in [2.24, 2.45) is 0 Å². The molecule has 0 aliphatic rings. The molecule has 2 rings (SSSR count). The van der Waals surface area contributed by atoms with Crippen LogP contribution in [0.3, 0.4) is 0 Å². The van der Waals surface area contributed by atoms with E-state index < -0.39 is 0 Å². The first-order chi connectivity index (χ1) is 8.24. The number of hydrogen-bond donors (Lipinski definition) is 2. The average molecular weight is 253 g/mol. The molecular weight excluding hydrogens is 240 g/mol. The van der Waals surface area contributed by atoms with Gasteiger partial charge in [-0.3, -0.25) is 0 Å². The molecule has 2 N–H and O–H groups in total. The molecule has 0 unspecified atom stereocenters. The molecule has 0 spiro atoms. The predicted octanol–water partition coefficient (Wildman–Crippen LogP) is 2.27. The Labute approximate surface area is 104 Å². The second-order valence-electron chi connectivity index (χ2n) is 3.57. The first kappa shape index (κ1) is 12.0. The van der Waals surface area contributed by atoms with E-state index in [1.54, 1.807) is 13.3 Å². The number of nitrogens with one attached hydrogen (secondary N) is 1. The van der Waals surface area contributed by atoms with E-state index in [-0.39, 0.29) is 6.61 Å². The van der Waals surface area contributed by atoms with Gasteiger partial charge in [-0.25, -0.2) is 4.98 Å². The molecule has 0 saturated carbocycles. The quantitative estimate of drug-likeness (QED) is 0.878. The van der Waals surface area contributed by atoms with Gasteiger partial charge in [-0.1, -0.05) is 11.6 Å². The maximum atomic E-state index is 8.81. The van der Waals surface area contributed by atoms with Crippen molar-refractivity contribution in [3.63, 3.8) is 0 Å². The van der Waals surface area contributed by atoms with Gasteiger partial charge in [-0.2, -0.15) is 0 Å². The summed E-state index contributed by atoms with van der Waals surface area (Å²) in [6.45, 7) is 0.0797. The Morgan fingerprint density at radius 2 is 2.29 bits per heavy atom. The number of aromatic nitrogens is 2. The highest BCUT2D eigenvalue weighted by Gasteiger charge is 2.06. The minimum absolute atomic E-state index is 0.0797. The lowest BCUT2D eigenvalue weighted by molar-refractivity contribution is 0.297. The molecule has 1 aromatic heterocycles. The summed E-state index contributed by atoms with van der Waals surface area (Å²) in [6.07, 6.45) is 2.24. The molecule has 1 heterocycles. The van der Waals surface area contributed by atoms with Gasteiger partial charge >= 0.3 is 0 Å². The molecule has 17 heavy (non-hydrogen) atoms. The van der Waals surface area contributed by atoms with E-state index in [0.717, 1.165) is 17.1 Å². The lowest BCUT2D eigenvalue weighted by atomic mass is 10.1. The van der Waals surface area contributed by atoms with Crippen molar-refractivity contribution in [1.82, 2.24) is 9.97 Å². The van der Waals surface area contributed by atoms with Gasteiger partial charge in [0.2, 0.25) is 0 Å². The van der Waals surface area contributed by atoms with Crippen LogP contribution < -0.4 is 4.74 Å². The molecule has 0 amide bonds. The van der Waals surface area contributed by atoms with Crippen molar-refractivity contribution in [3.8, 4) is 17.0 Å². The third kappa shape index (κ3) is 2.60. The second kappa shape index (κ2) is 5.21. The summed E-state index contributed by atoms with van der Waals surface area (Å²) in [5.41, 5.74) is 1.81. The van der Waals surface area contributed by atoms with Gasteiger partial charge < -0.3 is 14.8 Å². The molecular formula is C12H13ClN2O2. The summed E-state index contributed by atoms with van der Waals surface area (Å²) in [5, 5.41) is 9.37. The SMILES string of the molecule is COc1ccc(-c2cnc(CCO)[nH]2)cc1Cl. The van der Waals surface area contributed by atoms with Crippen molar-refractivity contribution in [2.45, 2.75) is 6.42 Å². The fraction of sp³-hybridized carbons (Fsp3) is 0.250. The number of benzene rings is 1.